The molecule has 1 aromatic rings. The van der Waals surface area contributed by atoms with E-state index in [1.165, 1.54) is 7.11 Å². The van der Waals surface area contributed by atoms with Gasteiger partial charge in [0.2, 0.25) is 0 Å². The first-order valence-corrected chi connectivity index (χ1v) is 5.91. The fourth-order valence-electron chi connectivity index (χ4n) is 2.18. The lowest BCUT2D eigenvalue weighted by Gasteiger charge is -2.22. The molecule has 0 aliphatic heterocycles. The molecular formula is C12H13BrO3. The zero-order valence-corrected chi connectivity index (χ0v) is 10.5. The molecule has 0 radical (unpaired) electrons. The first-order valence-electron chi connectivity index (χ1n) is 5.12. The van der Waals surface area contributed by atoms with Gasteiger partial charge in [-0.2, -0.15) is 0 Å². The van der Waals surface area contributed by atoms with E-state index in [-0.39, 0.29) is 5.41 Å². The van der Waals surface area contributed by atoms with Gasteiger partial charge in [-0.15, -0.1) is 0 Å². The van der Waals surface area contributed by atoms with Gasteiger partial charge in [-0.3, -0.25) is 0 Å². The number of aliphatic carboxylic acids is 1. The van der Waals surface area contributed by atoms with Crippen LogP contribution in [0, 0.1) is 0 Å². The van der Waals surface area contributed by atoms with Crippen molar-refractivity contribution >= 4 is 21.9 Å². The summed E-state index contributed by atoms with van der Waals surface area (Å²) in [7, 11) is 1.46. The van der Waals surface area contributed by atoms with Gasteiger partial charge >= 0.3 is 5.97 Å². The number of rotatable bonds is 4. The Morgan fingerprint density at radius 2 is 2.00 bits per heavy atom. The number of hydrogen-bond donors (Lipinski definition) is 1. The number of ether oxygens (including phenoxy) is 1. The second kappa shape index (κ2) is 4.18. The van der Waals surface area contributed by atoms with E-state index in [0.29, 0.717) is 0 Å². The number of carbonyl (C=O) groups is 1. The van der Waals surface area contributed by atoms with E-state index in [1.54, 1.807) is 0 Å². The van der Waals surface area contributed by atoms with Gasteiger partial charge in [0, 0.05) is 17.0 Å². The number of carboxylic acid groups (broad SMARTS) is 1. The quantitative estimate of drug-likeness (QED) is 0.924. The average Bonchev–Trinajstić information content (AvgIpc) is 3.01. The molecule has 0 heterocycles. The van der Waals surface area contributed by atoms with Gasteiger partial charge < -0.3 is 9.84 Å². The molecule has 3 nitrogen and oxygen atoms in total. The molecule has 1 aliphatic carbocycles. The third-order valence-electron chi connectivity index (χ3n) is 3.17. The van der Waals surface area contributed by atoms with E-state index < -0.39 is 12.1 Å². The lowest BCUT2D eigenvalue weighted by molar-refractivity contribution is -0.150. The summed E-state index contributed by atoms with van der Waals surface area (Å²) in [5, 5.41) is 9.13. The summed E-state index contributed by atoms with van der Waals surface area (Å²) in [5.41, 5.74) is 0.728. The van der Waals surface area contributed by atoms with E-state index in [9.17, 15) is 4.79 Å². The molecule has 0 aromatic heterocycles. The molecule has 0 spiro atoms. The second-order valence-electron chi connectivity index (χ2n) is 4.12. The minimum Gasteiger partial charge on any atom is -0.479 e. The van der Waals surface area contributed by atoms with Crippen molar-refractivity contribution in [3.63, 3.8) is 0 Å². The van der Waals surface area contributed by atoms with Gasteiger partial charge in [0.05, 0.1) is 0 Å². The third-order valence-corrected chi connectivity index (χ3v) is 3.70. The van der Waals surface area contributed by atoms with Crippen LogP contribution in [0.2, 0.25) is 0 Å². The van der Waals surface area contributed by atoms with Crippen LogP contribution < -0.4 is 0 Å². The molecule has 1 unspecified atom stereocenters. The van der Waals surface area contributed by atoms with Crippen molar-refractivity contribution in [1.29, 1.82) is 0 Å². The molecule has 1 aliphatic rings. The summed E-state index contributed by atoms with van der Waals surface area (Å²) in [6.45, 7) is 0. The topological polar surface area (TPSA) is 46.5 Å². The number of halogens is 1. The molecular weight excluding hydrogens is 272 g/mol. The first kappa shape index (κ1) is 11.6. The largest absolute Gasteiger partial charge is 0.479 e. The van der Waals surface area contributed by atoms with Crippen LogP contribution in [-0.4, -0.2) is 24.3 Å². The molecule has 0 saturated heterocycles. The average molecular weight is 285 g/mol. The molecule has 1 aromatic carbocycles. The van der Waals surface area contributed by atoms with Gasteiger partial charge in [-0.05, 0) is 30.5 Å². The second-order valence-corrected chi connectivity index (χ2v) is 5.03. The number of carboxylic acids is 1. The molecule has 4 heteroatoms. The lowest BCUT2D eigenvalue weighted by Crippen LogP contribution is -2.35. The Bertz CT molecular complexity index is 395. The van der Waals surface area contributed by atoms with Crippen molar-refractivity contribution in [3.05, 3.63) is 34.3 Å². The highest BCUT2D eigenvalue weighted by molar-refractivity contribution is 9.10. The molecule has 86 valence electrons. The first-order chi connectivity index (χ1) is 7.60. The SMILES string of the molecule is COC(C(=O)O)C1(c2ccc(Br)cc2)CC1. The predicted molar refractivity (Wildman–Crippen MR) is 63.5 cm³/mol. The van der Waals surface area contributed by atoms with Crippen LogP contribution in [0.1, 0.15) is 18.4 Å². The molecule has 1 saturated carbocycles. The fourth-order valence-corrected chi connectivity index (χ4v) is 2.45. The molecule has 1 fully saturated rings. The Balaban J connectivity index is 2.31. The van der Waals surface area contributed by atoms with Crippen LogP contribution in [0.4, 0.5) is 0 Å². The van der Waals surface area contributed by atoms with Crippen molar-refractivity contribution < 1.29 is 14.6 Å². The van der Waals surface area contributed by atoms with E-state index in [2.05, 4.69) is 15.9 Å². The predicted octanol–water partition coefficient (Wildman–Crippen LogP) is 2.58. The molecule has 16 heavy (non-hydrogen) atoms. The van der Waals surface area contributed by atoms with Crippen LogP contribution in [-0.2, 0) is 14.9 Å². The summed E-state index contributed by atoms with van der Waals surface area (Å²) in [5.74, 6) is -0.886. The summed E-state index contributed by atoms with van der Waals surface area (Å²) < 4.78 is 6.11. The Labute approximate surface area is 103 Å². The maximum absolute atomic E-state index is 11.1. The van der Waals surface area contributed by atoms with Crippen molar-refractivity contribution in [1.82, 2.24) is 0 Å². The highest BCUT2D eigenvalue weighted by atomic mass is 79.9. The van der Waals surface area contributed by atoms with E-state index in [4.69, 9.17) is 9.84 Å². The van der Waals surface area contributed by atoms with Gasteiger partial charge in [-0.1, -0.05) is 28.1 Å². The Kier molecular flexibility index (Phi) is 3.04. The number of methoxy groups -OCH3 is 1. The normalized spacial score (nSPS) is 19.1. The van der Waals surface area contributed by atoms with Crippen molar-refractivity contribution in [2.45, 2.75) is 24.4 Å². The maximum Gasteiger partial charge on any atom is 0.333 e. The summed E-state index contributed by atoms with van der Waals surface area (Å²) in [6.07, 6.45) is 1.01. The van der Waals surface area contributed by atoms with Crippen molar-refractivity contribution in [2.75, 3.05) is 7.11 Å². The van der Waals surface area contributed by atoms with Crippen molar-refractivity contribution in [3.8, 4) is 0 Å². The van der Waals surface area contributed by atoms with Gasteiger partial charge in [-0.25, -0.2) is 4.79 Å². The Morgan fingerprint density at radius 3 is 2.38 bits per heavy atom. The molecule has 0 bridgehead atoms. The van der Waals surface area contributed by atoms with Crippen LogP contribution in [0.5, 0.6) is 0 Å². The van der Waals surface area contributed by atoms with Gasteiger partial charge in [0.25, 0.3) is 0 Å². The Morgan fingerprint density at radius 1 is 1.44 bits per heavy atom. The minimum atomic E-state index is -0.886. The van der Waals surface area contributed by atoms with Crippen molar-refractivity contribution in [2.24, 2.45) is 0 Å². The van der Waals surface area contributed by atoms with Gasteiger partial charge in [0.15, 0.2) is 6.10 Å². The molecule has 1 atom stereocenters. The van der Waals surface area contributed by atoms with E-state index >= 15 is 0 Å². The molecule has 1 N–H and O–H groups in total. The monoisotopic (exact) mass is 284 g/mol. The van der Waals surface area contributed by atoms with E-state index in [0.717, 1.165) is 22.9 Å². The standard InChI is InChI=1S/C12H13BrO3/c1-16-10(11(14)15)12(6-7-12)8-2-4-9(13)5-3-8/h2-5,10H,6-7H2,1H3,(H,14,15). The number of hydrogen-bond acceptors (Lipinski definition) is 2. The lowest BCUT2D eigenvalue weighted by atomic mass is 9.90. The smallest absolute Gasteiger partial charge is 0.333 e. The van der Waals surface area contributed by atoms with Crippen LogP contribution in [0.3, 0.4) is 0 Å². The summed E-state index contributed by atoms with van der Waals surface area (Å²) in [4.78, 5) is 11.1. The maximum atomic E-state index is 11.1. The molecule has 0 amide bonds. The number of benzene rings is 1. The third kappa shape index (κ3) is 1.87. The zero-order valence-electron chi connectivity index (χ0n) is 8.94. The molecule has 2 rings (SSSR count). The van der Waals surface area contributed by atoms with Crippen LogP contribution >= 0.6 is 15.9 Å². The van der Waals surface area contributed by atoms with E-state index in [1.807, 2.05) is 24.3 Å². The van der Waals surface area contributed by atoms with Crippen LogP contribution in [0.25, 0.3) is 0 Å². The zero-order chi connectivity index (χ0) is 11.8. The highest BCUT2D eigenvalue weighted by Crippen LogP contribution is 2.52. The fraction of sp³-hybridized carbons (Fsp3) is 0.417. The summed E-state index contributed by atoms with van der Waals surface area (Å²) >= 11 is 3.37. The highest BCUT2D eigenvalue weighted by Gasteiger charge is 2.54. The minimum absolute atomic E-state index is 0.318. The van der Waals surface area contributed by atoms with Gasteiger partial charge in [0.1, 0.15) is 0 Å². The summed E-state index contributed by atoms with van der Waals surface area (Å²) in [6, 6.07) is 7.80. The Hall–Kier alpha value is -0.870. The van der Waals surface area contributed by atoms with Crippen LogP contribution in [0.15, 0.2) is 28.7 Å².